The van der Waals surface area contributed by atoms with Crippen LogP contribution < -0.4 is 4.74 Å². The summed E-state index contributed by atoms with van der Waals surface area (Å²) in [7, 11) is 0. The maximum absolute atomic E-state index is 11.8. The van der Waals surface area contributed by atoms with Crippen molar-refractivity contribution in [2.24, 2.45) is 4.99 Å². The second-order valence-corrected chi connectivity index (χ2v) is 6.60. The third-order valence-corrected chi connectivity index (χ3v) is 4.46. The lowest BCUT2D eigenvalue weighted by Crippen LogP contribution is -2.05. The predicted molar refractivity (Wildman–Crippen MR) is 88.5 cm³/mol. The van der Waals surface area contributed by atoms with Crippen LogP contribution in [0.15, 0.2) is 35.0 Å². The molecule has 110 valence electrons. The van der Waals surface area contributed by atoms with Crippen LogP contribution in [0.1, 0.15) is 25.8 Å². The van der Waals surface area contributed by atoms with Crippen LogP contribution in [0.25, 0.3) is 6.08 Å². The molecule has 0 N–H and O–H groups in total. The van der Waals surface area contributed by atoms with Crippen molar-refractivity contribution in [2.75, 3.05) is 5.75 Å². The van der Waals surface area contributed by atoms with E-state index < -0.39 is 0 Å². The molecule has 0 atom stereocenters. The number of thioether (sulfide) groups is 2. The summed E-state index contributed by atoms with van der Waals surface area (Å²) < 4.78 is 5.89. The molecule has 1 aliphatic rings. The minimum absolute atomic E-state index is 0.0348. The van der Waals surface area contributed by atoms with E-state index in [1.54, 1.807) is 49.0 Å². The highest BCUT2D eigenvalue weighted by molar-refractivity contribution is 8.45. The van der Waals surface area contributed by atoms with Crippen molar-refractivity contribution in [3.63, 3.8) is 0 Å². The monoisotopic (exact) mass is 321 g/mol. The molecule has 4 nitrogen and oxygen atoms in total. The molecule has 0 aromatic heterocycles. The van der Waals surface area contributed by atoms with Crippen LogP contribution in [-0.2, 0) is 9.59 Å². The topological polar surface area (TPSA) is 55.7 Å². The highest BCUT2D eigenvalue weighted by Gasteiger charge is 2.21. The Morgan fingerprint density at radius 3 is 2.67 bits per heavy atom. The van der Waals surface area contributed by atoms with Gasteiger partial charge in [0.05, 0.1) is 0 Å². The standard InChI is InChI=1S/C15H15NO3S2/c1-3-13(17)19-11-7-5-10(6-8-11)9-12-14(18)21-15(16-12)20-4-2/h5-9H,3-4H2,1-2H3. The smallest absolute Gasteiger partial charge is 0.310 e. The van der Waals surface area contributed by atoms with Crippen LogP contribution in [0, 0.1) is 0 Å². The molecule has 1 aliphatic heterocycles. The number of hydrogen-bond donors (Lipinski definition) is 0. The number of rotatable bonds is 4. The summed E-state index contributed by atoms with van der Waals surface area (Å²) >= 11 is 2.73. The lowest BCUT2D eigenvalue weighted by molar-refractivity contribution is -0.134. The lowest BCUT2D eigenvalue weighted by atomic mass is 10.2. The summed E-state index contributed by atoms with van der Waals surface area (Å²) in [5, 5.41) is -0.0348. The van der Waals surface area contributed by atoms with E-state index >= 15 is 0 Å². The van der Waals surface area contributed by atoms with E-state index in [0.29, 0.717) is 17.9 Å². The molecule has 0 aliphatic carbocycles. The van der Waals surface area contributed by atoms with E-state index in [4.69, 9.17) is 4.74 Å². The van der Waals surface area contributed by atoms with Gasteiger partial charge in [0.1, 0.15) is 15.8 Å². The fourth-order valence-electron chi connectivity index (χ4n) is 1.57. The molecular weight excluding hydrogens is 306 g/mol. The number of nitrogens with zero attached hydrogens (tertiary/aromatic N) is 1. The molecule has 21 heavy (non-hydrogen) atoms. The van der Waals surface area contributed by atoms with Crippen molar-refractivity contribution >= 4 is 45.1 Å². The first-order valence-corrected chi connectivity index (χ1v) is 8.38. The van der Waals surface area contributed by atoms with Gasteiger partial charge in [0.2, 0.25) is 5.12 Å². The second-order valence-electron chi connectivity index (χ2n) is 4.13. The zero-order valence-electron chi connectivity index (χ0n) is 11.8. The third kappa shape index (κ3) is 4.47. The number of carbonyl (C=O) groups excluding carboxylic acids is 2. The molecule has 0 fully saturated rings. The second kappa shape index (κ2) is 7.47. The normalized spacial score (nSPS) is 16.2. The van der Waals surface area contributed by atoms with E-state index in [0.717, 1.165) is 15.7 Å². The Balaban J connectivity index is 2.11. The van der Waals surface area contributed by atoms with Crippen LogP contribution >= 0.6 is 23.5 Å². The number of ether oxygens (including phenoxy) is 1. The van der Waals surface area contributed by atoms with Crippen molar-refractivity contribution < 1.29 is 14.3 Å². The highest BCUT2D eigenvalue weighted by Crippen LogP contribution is 2.30. The molecule has 1 aromatic rings. The summed E-state index contributed by atoms with van der Waals surface area (Å²) in [6, 6.07) is 7.00. The van der Waals surface area contributed by atoms with Gasteiger partial charge < -0.3 is 4.74 Å². The van der Waals surface area contributed by atoms with Crippen LogP contribution in [0.4, 0.5) is 0 Å². The van der Waals surface area contributed by atoms with Gasteiger partial charge in [-0.2, -0.15) is 0 Å². The van der Waals surface area contributed by atoms with Gasteiger partial charge in [-0.05, 0) is 41.3 Å². The first-order chi connectivity index (χ1) is 10.1. The Hall–Kier alpha value is -1.53. The minimum atomic E-state index is -0.269. The number of esters is 1. The van der Waals surface area contributed by atoms with Crippen LogP contribution in [0.2, 0.25) is 0 Å². The summed E-state index contributed by atoms with van der Waals surface area (Å²) in [6.07, 6.45) is 2.08. The van der Waals surface area contributed by atoms with Crippen molar-refractivity contribution in [3.05, 3.63) is 35.5 Å². The molecule has 0 saturated heterocycles. The fourth-order valence-corrected chi connectivity index (χ4v) is 3.31. The Morgan fingerprint density at radius 2 is 2.05 bits per heavy atom. The summed E-state index contributed by atoms with van der Waals surface area (Å²) in [6.45, 7) is 3.77. The molecule has 0 saturated carbocycles. The Morgan fingerprint density at radius 1 is 1.33 bits per heavy atom. The Kier molecular flexibility index (Phi) is 5.64. The minimum Gasteiger partial charge on any atom is -0.427 e. The van der Waals surface area contributed by atoms with Gasteiger partial charge >= 0.3 is 5.97 Å². The van der Waals surface area contributed by atoms with Gasteiger partial charge in [-0.15, -0.1) is 0 Å². The average molecular weight is 321 g/mol. The van der Waals surface area contributed by atoms with E-state index in [2.05, 4.69) is 4.99 Å². The molecular formula is C15H15NO3S2. The van der Waals surface area contributed by atoms with E-state index in [1.807, 2.05) is 6.92 Å². The van der Waals surface area contributed by atoms with Gasteiger partial charge in [0, 0.05) is 6.42 Å². The van der Waals surface area contributed by atoms with Crippen molar-refractivity contribution in [1.82, 2.24) is 0 Å². The molecule has 0 amide bonds. The van der Waals surface area contributed by atoms with Crippen molar-refractivity contribution in [3.8, 4) is 5.75 Å². The van der Waals surface area contributed by atoms with Gasteiger partial charge in [0.25, 0.3) is 0 Å². The van der Waals surface area contributed by atoms with E-state index in [1.165, 1.54) is 11.8 Å². The molecule has 1 aromatic carbocycles. The zero-order valence-corrected chi connectivity index (χ0v) is 13.4. The third-order valence-electron chi connectivity index (χ3n) is 2.57. The summed E-state index contributed by atoms with van der Waals surface area (Å²) in [5.41, 5.74) is 1.30. The highest BCUT2D eigenvalue weighted by atomic mass is 32.2. The number of aliphatic imine (C=N–C) groups is 1. The van der Waals surface area contributed by atoms with Crippen LogP contribution in [-0.4, -0.2) is 21.2 Å². The van der Waals surface area contributed by atoms with Crippen LogP contribution in [0.3, 0.4) is 0 Å². The maximum Gasteiger partial charge on any atom is 0.310 e. The maximum atomic E-state index is 11.8. The summed E-state index contributed by atoms with van der Waals surface area (Å²) in [4.78, 5) is 27.3. The van der Waals surface area contributed by atoms with Gasteiger partial charge in [-0.1, -0.05) is 37.7 Å². The number of benzene rings is 1. The SMILES string of the molecule is CCSC1=NC(=Cc2ccc(OC(=O)CC)cc2)C(=O)S1. The molecule has 6 heteroatoms. The van der Waals surface area contributed by atoms with Crippen LogP contribution in [0.5, 0.6) is 5.75 Å². The number of carbonyl (C=O) groups is 2. The quantitative estimate of drug-likeness (QED) is 0.480. The Labute approximate surface area is 132 Å². The first kappa shape index (κ1) is 15.9. The average Bonchev–Trinajstić information content (AvgIpc) is 2.81. The fraction of sp³-hybridized carbons (Fsp3) is 0.267. The van der Waals surface area contributed by atoms with Crippen molar-refractivity contribution in [1.29, 1.82) is 0 Å². The van der Waals surface area contributed by atoms with Gasteiger partial charge in [0.15, 0.2) is 0 Å². The number of hydrogen-bond acceptors (Lipinski definition) is 6. The molecule has 1 heterocycles. The largest absolute Gasteiger partial charge is 0.427 e. The molecule has 0 radical (unpaired) electrons. The molecule has 0 bridgehead atoms. The molecule has 0 unspecified atom stereocenters. The predicted octanol–water partition coefficient (Wildman–Crippen LogP) is 3.73. The van der Waals surface area contributed by atoms with Crippen molar-refractivity contribution in [2.45, 2.75) is 20.3 Å². The zero-order chi connectivity index (χ0) is 15.2. The molecule has 0 spiro atoms. The first-order valence-electron chi connectivity index (χ1n) is 6.58. The molecule has 2 rings (SSSR count). The van der Waals surface area contributed by atoms with E-state index in [-0.39, 0.29) is 11.1 Å². The van der Waals surface area contributed by atoms with Gasteiger partial charge in [-0.3, -0.25) is 9.59 Å². The lowest BCUT2D eigenvalue weighted by Gasteiger charge is -2.02. The van der Waals surface area contributed by atoms with E-state index in [9.17, 15) is 9.59 Å². The summed E-state index contributed by atoms with van der Waals surface area (Å²) in [5.74, 6) is 1.13. The Bertz CT molecular complexity index is 606. The van der Waals surface area contributed by atoms with Gasteiger partial charge in [-0.25, -0.2) is 4.99 Å².